The van der Waals surface area contributed by atoms with Crippen LogP contribution in [0.3, 0.4) is 0 Å². The number of aliphatic hydroxyl groups is 1. The van der Waals surface area contributed by atoms with Crippen LogP contribution in [0.4, 0.5) is 0 Å². The maximum atomic E-state index is 12.9. The van der Waals surface area contributed by atoms with Crippen LogP contribution in [0.15, 0.2) is 122 Å². The minimum Gasteiger partial charge on any atom is -0.462 e. The molecule has 0 radical (unpaired) electrons. The molecule has 3 unspecified atom stereocenters. The summed E-state index contributed by atoms with van der Waals surface area (Å²) in [5, 5.41) is 9.82. The molecule has 11 nitrogen and oxygen atoms in total. The molecule has 3 atom stereocenters. The molecule has 0 amide bonds. The van der Waals surface area contributed by atoms with E-state index in [4.69, 9.17) is 23.3 Å². The Labute approximate surface area is 449 Å². The number of rotatable bonds is 51. The molecule has 0 aromatic rings. The van der Waals surface area contributed by atoms with E-state index in [1.54, 1.807) is 0 Å². The first-order valence-electron chi connectivity index (χ1n) is 28.4. The minimum atomic E-state index is -4.78. The highest BCUT2D eigenvalue weighted by Gasteiger charge is 2.28. The van der Waals surface area contributed by atoms with E-state index in [9.17, 15) is 28.9 Å². The van der Waals surface area contributed by atoms with Gasteiger partial charge in [-0.15, -0.1) is 0 Å². The molecular formula is C62H101O11P. The Balaban J connectivity index is 4.83. The number of ether oxygens (including phenoxy) is 3. The molecule has 0 aliphatic carbocycles. The lowest BCUT2D eigenvalue weighted by Crippen LogP contribution is -2.30. The van der Waals surface area contributed by atoms with Gasteiger partial charge in [0.05, 0.1) is 19.8 Å². The number of phosphoric acid groups is 1. The molecule has 0 fully saturated rings. The van der Waals surface area contributed by atoms with Crippen LogP contribution in [0, 0.1) is 0 Å². The van der Waals surface area contributed by atoms with Gasteiger partial charge in [-0.25, -0.2) is 4.57 Å². The van der Waals surface area contributed by atoms with Crippen molar-refractivity contribution in [3.8, 4) is 0 Å². The summed E-state index contributed by atoms with van der Waals surface area (Å²) in [6, 6.07) is 0. The van der Waals surface area contributed by atoms with Crippen LogP contribution in [0.2, 0.25) is 0 Å². The summed E-state index contributed by atoms with van der Waals surface area (Å²) in [7, 11) is -4.78. The van der Waals surface area contributed by atoms with Crippen LogP contribution >= 0.6 is 7.82 Å². The molecule has 0 aliphatic heterocycles. The van der Waals surface area contributed by atoms with Crippen LogP contribution in [0.25, 0.3) is 0 Å². The van der Waals surface area contributed by atoms with Crippen molar-refractivity contribution in [3.63, 3.8) is 0 Å². The molecule has 0 saturated carbocycles. The smallest absolute Gasteiger partial charge is 0.462 e. The van der Waals surface area contributed by atoms with Crippen molar-refractivity contribution in [1.82, 2.24) is 0 Å². The van der Waals surface area contributed by atoms with Crippen molar-refractivity contribution >= 4 is 25.7 Å². The van der Waals surface area contributed by atoms with Crippen LogP contribution in [-0.4, -0.2) is 66.5 Å². The van der Waals surface area contributed by atoms with E-state index in [0.717, 1.165) is 109 Å². The van der Waals surface area contributed by atoms with E-state index >= 15 is 0 Å². The largest absolute Gasteiger partial charge is 0.472 e. The third kappa shape index (κ3) is 52.7. The monoisotopic (exact) mass is 1050 g/mol. The fourth-order valence-corrected chi connectivity index (χ4v) is 7.87. The van der Waals surface area contributed by atoms with Crippen molar-refractivity contribution < 1.29 is 52.2 Å². The fourth-order valence-electron chi connectivity index (χ4n) is 7.08. The lowest BCUT2D eigenvalue weighted by atomic mass is 10.1. The predicted molar refractivity (Wildman–Crippen MR) is 306 cm³/mol. The Kier molecular flexibility index (Phi) is 52.1. The van der Waals surface area contributed by atoms with E-state index < -0.39 is 57.8 Å². The molecule has 0 aromatic heterocycles. The molecular weight excluding hydrogens is 952 g/mol. The van der Waals surface area contributed by atoms with Gasteiger partial charge in [-0.1, -0.05) is 194 Å². The Morgan fingerprint density at radius 3 is 1.15 bits per heavy atom. The second-order valence-corrected chi connectivity index (χ2v) is 19.8. The Morgan fingerprint density at radius 1 is 0.392 bits per heavy atom. The molecule has 0 aliphatic rings. The van der Waals surface area contributed by atoms with E-state index in [-0.39, 0.29) is 25.9 Å². The van der Waals surface area contributed by atoms with Gasteiger partial charge in [-0.3, -0.25) is 23.4 Å². The number of carbonyl (C=O) groups excluding carboxylic acids is 3. The quantitative estimate of drug-likeness (QED) is 0.0197. The Bertz CT molecular complexity index is 1700. The van der Waals surface area contributed by atoms with E-state index in [2.05, 4.69) is 130 Å². The third-order valence-electron chi connectivity index (χ3n) is 11.3. The summed E-state index contributed by atoms with van der Waals surface area (Å²) in [4.78, 5) is 48.5. The summed E-state index contributed by atoms with van der Waals surface area (Å²) in [6.07, 6.45) is 67.4. The van der Waals surface area contributed by atoms with Gasteiger partial charge < -0.3 is 24.2 Å². The fraction of sp³-hybridized carbons (Fsp3) is 0.629. The molecule has 0 bridgehead atoms. The first-order chi connectivity index (χ1) is 36.2. The highest BCUT2D eigenvalue weighted by Crippen LogP contribution is 2.43. The number of esters is 3. The summed E-state index contributed by atoms with van der Waals surface area (Å²) < 4.78 is 39.4. The first-order valence-corrected chi connectivity index (χ1v) is 29.9. The lowest BCUT2D eigenvalue weighted by molar-refractivity contribution is -0.161. The van der Waals surface area contributed by atoms with Crippen LogP contribution in [0.5, 0.6) is 0 Å². The molecule has 0 saturated heterocycles. The molecule has 420 valence electrons. The number of carbonyl (C=O) groups is 3. The molecule has 0 spiro atoms. The highest BCUT2D eigenvalue weighted by atomic mass is 31.2. The van der Waals surface area contributed by atoms with Crippen LogP contribution in [0.1, 0.15) is 213 Å². The van der Waals surface area contributed by atoms with Gasteiger partial charge in [-0.2, -0.15) is 0 Å². The van der Waals surface area contributed by atoms with Gasteiger partial charge in [0.15, 0.2) is 6.10 Å². The number of unbranched alkanes of at least 4 members (excludes halogenated alkanes) is 14. The second-order valence-electron chi connectivity index (χ2n) is 18.3. The van der Waals surface area contributed by atoms with Crippen molar-refractivity contribution in [3.05, 3.63) is 122 Å². The van der Waals surface area contributed by atoms with Crippen molar-refractivity contribution in [2.75, 3.05) is 26.4 Å². The SMILES string of the molecule is CC/C=C\C/C=C\C/C=C\C/C=C\C/C=C\CCCC(=O)OC(COC(=O)CCCCC/C=C\C/C=C\C/C=C\CC)COP(=O)(O)OCC(CO)OC(=O)CCCCCCCCC/C=C\C/C=C\CCCCC. The van der Waals surface area contributed by atoms with E-state index in [0.29, 0.717) is 25.7 Å². The topological polar surface area (TPSA) is 155 Å². The van der Waals surface area contributed by atoms with Crippen LogP contribution in [-0.2, 0) is 42.2 Å². The zero-order valence-corrected chi connectivity index (χ0v) is 47.2. The lowest BCUT2D eigenvalue weighted by Gasteiger charge is -2.21. The average molecular weight is 1050 g/mol. The van der Waals surface area contributed by atoms with Gasteiger partial charge in [0.2, 0.25) is 0 Å². The zero-order chi connectivity index (χ0) is 54.1. The summed E-state index contributed by atoms with van der Waals surface area (Å²) in [5.74, 6) is -1.59. The van der Waals surface area contributed by atoms with E-state index in [1.165, 1.54) is 38.5 Å². The number of hydrogen-bond acceptors (Lipinski definition) is 10. The highest BCUT2D eigenvalue weighted by molar-refractivity contribution is 7.47. The average Bonchev–Trinajstić information content (AvgIpc) is 3.39. The number of phosphoric ester groups is 1. The van der Waals surface area contributed by atoms with Crippen molar-refractivity contribution in [1.29, 1.82) is 0 Å². The normalized spacial score (nSPS) is 14.3. The summed E-state index contributed by atoms with van der Waals surface area (Å²) in [6.45, 7) is 4.26. The maximum absolute atomic E-state index is 12.9. The Hall–Kier alpha value is -4.12. The van der Waals surface area contributed by atoms with Crippen molar-refractivity contribution in [2.45, 2.75) is 226 Å². The van der Waals surface area contributed by atoms with Gasteiger partial charge in [-0.05, 0) is 122 Å². The van der Waals surface area contributed by atoms with Gasteiger partial charge in [0.1, 0.15) is 12.7 Å². The molecule has 2 N–H and O–H groups in total. The second kappa shape index (κ2) is 55.1. The predicted octanol–water partition coefficient (Wildman–Crippen LogP) is 16.8. The minimum absolute atomic E-state index is 0.0759. The zero-order valence-electron chi connectivity index (χ0n) is 46.3. The maximum Gasteiger partial charge on any atom is 0.472 e. The molecule has 12 heteroatoms. The molecule has 74 heavy (non-hydrogen) atoms. The first kappa shape index (κ1) is 69.9. The number of hydrogen-bond donors (Lipinski definition) is 2. The van der Waals surface area contributed by atoms with Gasteiger partial charge >= 0.3 is 25.7 Å². The number of allylic oxidation sites excluding steroid dienone is 20. The standard InChI is InChI=1S/C62H101O11P/c1-4-7-10-13-16-19-22-25-27-29-31-34-37-40-43-46-49-52-61(65)72-58(54-63)56-70-74(67,68)71-57-59(55-69-60(64)51-48-45-42-39-36-33-24-21-18-15-12-9-6-3)73-62(66)53-50-47-44-41-38-35-32-30-28-26-23-20-17-14-11-8-5-2/h8-9,11-12,16-21,25-28,32-33,35-36,41,44,58-59,63H,4-7,10,13-15,22-24,29-31,34,37-40,42-43,45-57H2,1-3H3,(H,67,68)/b11-8-,12-9-,19-16-,20-17-,21-18-,27-25-,28-26-,35-32-,36-33-,44-41-. The van der Waals surface area contributed by atoms with Crippen molar-refractivity contribution in [2.24, 2.45) is 0 Å². The number of aliphatic hydroxyl groups excluding tert-OH is 1. The van der Waals surface area contributed by atoms with Gasteiger partial charge in [0.25, 0.3) is 0 Å². The molecule has 0 aromatic carbocycles. The molecule has 0 rings (SSSR count). The summed E-state index contributed by atoms with van der Waals surface area (Å²) in [5.41, 5.74) is 0. The van der Waals surface area contributed by atoms with E-state index in [1.807, 2.05) is 12.2 Å². The van der Waals surface area contributed by atoms with Crippen LogP contribution < -0.4 is 0 Å². The summed E-state index contributed by atoms with van der Waals surface area (Å²) >= 11 is 0. The Morgan fingerprint density at radius 2 is 0.716 bits per heavy atom. The molecule has 0 heterocycles. The third-order valence-corrected chi connectivity index (χ3v) is 12.3. The van der Waals surface area contributed by atoms with Gasteiger partial charge in [0, 0.05) is 19.3 Å².